The molecule has 44 heavy (non-hydrogen) atoms. The smallest absolute Gasteiger partial charge is 0.350 e. The number of nitrogens with zero attached hydrogens (tertiary/aromatic N) is 8. The Kier molecular flexibility index (Phi) is 8.00. The first-order valence-electron chi connectivity index (χ1n) is 14.6. The first-order valence-corrected chi connectivity index (χ1v) is 14.6. The van der Waals surface area contributed by atoms with Crippen molar-refractivity contribution in [3.8, 4) is 5.69 Å². The summed E-state index contributed by atoms with van der Waals surface area (Å²) in [5.74, 6) is -1.73. The molecular weight excluding hydrogens is 566 g/mol. The highest BCUT2D eigenvalue weighted by atomic mass is 19.1. The van der Waals surface area contributed by atoms with Crippen molar-refractivity contribution < 1.29 is 13.9 Å². The Morgan fingerprint density at radius 3 is 2.30 bits per heavy atom. The predicted molar refractivity (Wildman–Crippen MR) is 163 cm³/mol. The summed E-state index contributed by atoms with van der Waals surface area (Å²) in [5, 5.41) is 20.2. The van der Waals surface area contributed by atoms with Crippen LogP contribution in [0.5, 0.6) is 0 Å². The van der Waals surface area contributed by atoms with Crippen LogP contribution >= 0.6 is 0 Å². The van der Waals surface area contributed by atoms with Crippen LogP contribution in [0.2, 0.25) is 0 Å². The number of hydrogen-bond donors (Lipinski definition) is 1. The van der Waals surface area contributed by atoms with E-state index in [4.69, 9.17) is 0 Å². The van der Waals surface area contributed by atoms with Crippen LogP contribution in [0.3, 0.4) is 0 Å². The second-order valence-corrected chi connectivity index (χ2v) is 11.0. The quantitative estimate of drug-likeness (QED) is 0.274. The summed E-state index contributed by atoms with van der Waals surface area (Å²) in [6.45, 7) is 7.05. The molecule has 1 aliphatic rings. The van der Waals surface area contributed by atoms with Crippen LogP contribution in [0, 0.1) is 11.6 Å². The van der Waals surface area contributed by atoms with Gasteiger partial charge in [0.1, 0.15) is 36.2 Å². The van der Waals surface area contributed by atoms with Crippen molar-refractivity contribution in [3.05, 3.63) is 119 Å². The molecule has 3 aromatic carbocycles. The summed E-state index contributed by atoms with van der Waals surface area (Å²) in [6.07, 6.45) is 5.01. The van der Waals surface area contributed by atoms with Gasteiger partial charge in [-0.2, -0.15) is 10.2 Å². The molecule has 0 saturated carbocycles. The number of aryl methyl sites for hydroxylation is 1. The largest absolute Gasteiger partial charge is 0.381 e. The van der Waals surface area contributed by atoms with Crippen molar-refractivity contribution >= 4 is 11.4 Å². The van der Waals surface area contributed by atoms with Crippen LogP contribution in [0.15, 0.2) is 90.5 Å². The maximum Gasteiger partial charge on any atom is 0.350 e. The lowest BCUT2D eigenvalue weighted by Crippen LogP contribution is -2.46. The van der Waals surface area contributed by atoms with Gasteiger partial charge in [-0.05, 0) is 55.3 Å². The Labute approximate surface area is 253 Å². The fourth-order valence-corrected chi connectivity index (χ4v) is 5.95. The minimum atomic E-state index is -2.02. The molecule has 12 heteroatoms. The number of rotatable bonds is 9. The molecule has 1 N–H and O–H groups in total. The van der Waals surface area contributed by atoms with Gasteiger partial charge in [0.25, 0.3) is 0 Å². The van der Waals surface area contributed by atoms with Gasteiger partial charge in [-0.1, -0.05) is 31.2 Å². The summed E-state index contributed by atoms with van der Waals surface area (Å²) >= 11 is 0. The molecule has 5 aromatic rings. The second kappa shape index (κ2) is 12.0. The third-order valence-corrected chi connectivity index (χ3v) is 8.50. The summed E-state index contributed by atoms with van der Waals surface area (Å²) in [5.41, 5.74) is 1.58. The number of para-hydroxylation sites is 1. The Balaban J connectivity index is 1.21. The minimum absolute atomic E-state index is 0.189. The molecule has 0 amide bonds. The molecule has 2 aromatic heterocycles. The highest BCUT2D eigenvalue weighted by Crippen LogP contribution is 2.36. The number of benzene rings is 3. The van der Waals surface area contributed by atoms with Gasteiger partial charge in [0.15, 0.2) is 0 Å². The molecule has 0 spiro atoms. The highest BCUT2D eigenvalue weighted by Gasteiger charge is 2.42. The lowest BCUT2D eigenvalue weighted by molar-refractivity contribution is -0.0381. The molecule has 228 valence electrons. The Hall–Kier alpha value is -4.84. The van der Waals surface area contributed by atoms with Crippen LogP contribution in [0.25, 0.3) is 5.69 Å². The third kappa shape index (κ3) is 5.48. The van der Waals surface area contributed by atoms with Gasteiger partial charge in [0, 0.05) is 49.2 Å². The van der Waals surface area contributed by atoms with Gasteiger partial charge in [0.2, 0.25) is 0 Å². The second-order valence-electron chi connectivity index (χ2n) is 11.0. The summed E-state index contributed by atoms with van der Waals surface area (Å²) in [6, 6.07) is 18.1. The number of aromatic nitrogens is 6. The normalized spacial score (nSPS) is 15.8. The van der Waals surface area contributed by atoms with E-state index in [1.54, 1.807) is 6.92 Å². The van der Waals surface area contributed by atoms with Gasteiger partial charge in [-0.25, -0.2) is 32.5 Å². The van der Waals surface area contributed by atoms with Crippen LogP contribution < -0.4 is 15.5 Å². The molecule has 0 aliphatic carbocycles. The van der Waals surface area contributed by atoms with Gasteiger partial charge in [-0.3, -0.25) is 0 Å². The van der Waals surface area contributed by atoms with Crippen molar-refractivity contribution in [3.63, 3.8) is 0 Å². The molecule has 10 nitrogen and oxygen atoms in total. The number of halogens is 2. The average Bonchev–Trinajstić information content (AvgIpc) is 3.70. The maximum atomic E-state index is 15.0. The molecule has 2 atom stereocenters. The highest BCUT2D eigenvalue weighted by molar-refractivity contribution is 5.57. The summed E-state index contributed by atoms with van der Waals surface area (Å²) in [4.78, 5) is 22.2. The number of aliphatic hydroxyl groups is 1. The fourth-order valence-electron chi connectivity index (χ4n) is 5.95. The van der Waals surface area contributed by atoms with Crippen molar-refractivity contribution in [2.45, 2.75) is 38.5 Å². The average molecular weight is 601 g/mol. The first-order chi connectivity index (χ1) is 21.3. The van der Waals surface area contributed by atoms with Gasteiger partial charge in [-0.15, -0.1) is 0 Å². The lowest BCUT2D eigenvalue weighted by atomic mass is 9.86. The van der Waals surface area contributed by atoms with E-state index in [0.717, 1.165) is 49.0 Å². The molecule has 1 saturated heterocycles. The zero-order valence-electron chi connectivity index (χ0n) is 24.6. The minimum Gasteiger partial charge on any atom is -0.381 e. The molecule has 1 fully saturated rings. The third-order valence-electron chi connectivity index (χ3n) is 8.50. The fraction of sp³-hybridized carbons (Fsp3) is 0.312. The van der Waals surface area contributed by atoms with Crippen molar-refractivity contribution in [1.82, 2.24) is 29.1 Å². The lowest BCUT2D eigenvalue weighted by Gasteiger charge is -2.38. The van der Waals surface area contributed by atoms with E-state index < -0.39 is 29.0 Å². The van der Waals surface area contributed by atoms with Crippen LogP contribution in [0.4, 0.5) is 20.2 Å². The molecule has 0 bridgehead atoms. The van der Waals surface area contributed by atoms with Gasteiger partial charge >= 0.3 is 5.69 Å². The topological polar surface area (TPSA) is 97.2 Å². The zero-order chi connectivity index (χ0) is 30.8. The zero-order valence-corrected chi connectivity index (χ0v) is 24.6. The van der Waals surface area contributed by atoms with E-state index in [2.05, 4.69) is 56.2 Å². The molecule has 0 radical (unpaired) electrons. The Bertz CT molecular complexity index is 1780. The van der Waals surface area contributed by atoms with E-state index in [1.807, 2.05) is 24.3 Å². The number of piperazine rings is 1. The SMILES string of the molecule is CCc1ccccc1N1CCN(c2ccc(-n3cnn([C@@H](C)[C@@](O)(Cn4cncn4)c4ccc(F)cc4F)c3=O)cc2)CC1. The summed E-state index contributed by atoms with van der Waals surface area (Å²) in [7, 11) is 0. The van der Waals surface area contributed by atoms with E-state index in [9.17, 15) is 18.7 Å². The van der Waals surface area contributed by atoms with E-state index in [0.29, 0.717) is 11.8 Å². The van der Waals surface area contributed by atoms with Crippen molar-refractivity contribution in [1.29, 1.82) is 0 Å². The Morgan fingerprint density at radius 1 is 0.909 bits per heavy atom. The van der Waals surface area contributed by atoms with Crippen LogP contribution in [-0.2, 0) is 18.6 Å². The van der Waals surface area contributed by atoms with Gasteiger partial charge < -0.3 is 14.9 Å². The van der Waals surface area contributed by atoms with Crippen molar-refractivity contribution in [2.75, 3.05) is 36.0 Å². The first kappa shape index (κ1) is 29.2. The van der Waals surface area contributed by atoms with Crippen LogP contribution in [0.1, 0.15) is 31.0 Å². The number of anilines is 2. The molecular formula is C32H34F2N8O2. The Morgan fingerprint density at radius 2 is 1.61 bits per heavy atom. The van der Waals surface area contributed by atoms with Gasteiger partial charge in [0.05, 0.1) is 18.3 Å². The molecule has 1 aliphatic heterocycles. The molecule has 6 rings (SSSR count). The maximum absolute atomic E-state index is 15.0. The standard InChI is InChI=1S/C32H34F2N8O2/c1-3-24-6-4-5-7-30(24)39-16-14-38(15-17-39)26-9-11-27(12-10-26)41-22-37-42(31(41)43)23(2)32(44,19-40-21-35-20-36-40)28-13-8-25(33)18-29(28)34/h4-13,18,20-23,44H,3,14-17,19H2,1-2H3/t23-,32-/m0/s1. The van der Waals surface area contributed by atoms with E-state index in [-0.39, 0.29) is 12.1 Å². The van der Waals surface area contributed by atoms with E-state index >= 15 is 0 Å². The predicted octanol–water partition coefficient (Wildman–Crippen LogP) is 3.94. The summed E-state index contributed by atoms with van der Waals surface area (Å²) < 4.78 is 32.5. The number of hydrogen-bond acceptors (Lipinski definition) is 7. The molecule has 3 heterocycles. The van der Waals surface area contributed by atoms with E-state index in [1.165, 1.54) is 45.5 Å². The molecule has 0 unspecified atom stereocenters. The monoisotopic (exact) mass is 600 g/mol. The van der Waals surface area contributed by atoms with Crippen molar-refractivity contribution in [2.24, 2.45) is 0 Å². The van der Waals surface area contributed by atoms with Crippen LogP contribution in [-0.4, -0.2) is 60.4 Å².